The minimum Gasteiger partial charge on any atom is -0.618 e. The Labute approximate surface area is 192 Å². The number of halogens is 6. The third-order valence-electron chi connectivity index (χ3n) is 6.28. The number of aromatic nitrogens is 3. The van der Waals surface area contributed by atoms with Gasteiger partial charge in [-0.15, -0.1) is 0 Å². The van der Waals surface area contributed by atoms with Gasteiger partial charge in [-0.05, 0) is 37.0 Å². The van der Waals surface area contributed by atoms with Crippen LogP contribution in [0.3, 0.4) is 0 Å². The fourth-order valence-electron chi connectivity index (χ4n) is 4.37. The summed E-state index contributed by atoms with van der Waals surface area (Å²) < 4.78 is 81.1. The number of aliphatic hydroxyl groups is 1. The molecule has 2 aromatic rings. The lowest BCUT2D eigenvalue weighted by Gasteiger charge is -2.39. The van der Waals surface area contributed by atoms with Gasteiger partial charge in [-0.25, -0.2) is 9.97 Å². The number of alkyl halides is 6. The van der Waals surface area contributed by atoms with Gasteiger partial charge >= 0.3 is 12.4 Å². The van der Waals surface area contributed by atoms with Gasteiger partial charge < -0.3 is 15.6 Å². The molecule has 0 radical (unpaired) electrons. The summed E-state index contributed by atoms with van der Waals surface area (Å²) in [6, 6.07) is 0.711. The number of nitrogens with zero attached hydrogens (tertiary/aromatic N) is 3. The molecule has 1 saturated carbocycles. The van der Waals surface area contributed by atoms with E-state index >= 15 is 0 Å². The van der Waals surface area contributed by atoms with E-state index in [1.807, 2.05) is 13.8 Å². The van der Waals surface area contributed by atoms with E-state index in [0.29, 0.717) is 31.5 Å². The molecule has 0 saturated heterocycles. The Hall–Kier alpha value is -2.63. The number of anilines is 1. The van der Waals surface area contributed by atoms with Gasteiger partial charge in [0.25, 0.3) is 0 Å². The molecular weight excluding hydrogens is 466 g/mol. The number of hydrogen-bond acceptors (Lipinski definition) is 5. The summed E-state index contributed by atoms with van der Waals surface area (Å²) in [5.41, 5.74) is -3.29. The molecule has 0 unspecified atom stereocenters. The number of hydrogen-bond donors (Lipinski definition) is 2. The summed E-state index contributed by atoms with van der Waals surface area (Å²) in [6.07, 6.45) is -7.12. The molecule has 1 aliphatic carbocycles. The van der Waals surface area contributed by atoms with E-state index in [-0.39, 0.29) is 40.0 Å². The number of aliphatic hydroxyl groups excluding tert-OH is 1. The maximum atomic E-state index is 13.6. The van der Waals surface area contributed by atoms with Crippen molar-refractivity contribution in [1.29, 1.82) is 0 Å². The molecule has 1 fully saturated rings. The zero-order valence-corrected chi connectivity index (χ0v) is 18.9. The van der Waals surface area contributed by atoms with Crippen molar-refractivity contribution in [3.05, 3.63) is 51.7 Å². The Morgan fingerprint density at radius 2 is 1.79 bits per heavy atom. The quantitative estimate of drug-likeness (QED) is 0.356. The van der Waals surface area contributed by atoms with Crippen LogP contribution in [-0.4, -0.2) is 21.2 Å². The van der Waals surface area contributed by atoms with Crippen LogP contribution in [0, 0.1) is 23.5 Å². The fourth-order valence-corrected chi connectivity index (χ4v) is 4.37. The van der Waals surface area contributed by atoms with E-state index in [2.05, 4.69) is 15.3 Å². The molecule has 2 N–H and O–H groups in total. The second-order valence-electron chi connectivity index (χ2n) is 9.44. The van der Waals surface area contributed by atoms with E-state index in [9.17, 15) is 36.7 Å². The Morgan fingerprint density at radius 3 is 2.38 bits per heavy atom. The van der Waals surface area contributed by atoms with Crippen molar-refractivity contribution in [2.24, 2.45) is 11.3 Å². The third-order valence-corrected chi connectivity index (χ3v) is 6.28. The van der Waals surface area contributed by atoms with Crippen molar-refractivity contribution < 1.29 is 36.2 Å². The van der Waals surface area contributed by atoms with Crippen LogP contribution in [0.25, 0.3) is 0 Å². The fraction of sp³-hybridized carbons (Fsp3) is 0.591. The highest BCUT2D eigenvalue weighted by Gasteiger charge is 2.39. The first-order chi connectivity index (χ1) is 15.6. The molecule has 34 heavy (non-hydrogen) atoms. The van der Waals surface area contributed by atoms with Crippen LogP contribution in [0.2, 0.25) is 0 Å². The summed E-state index contributed by atoms with van der Waals surface area (Å²) in [6.45, 7) is 4.42. The average molecular weight is 492 g/mol. The minimum atomic E-state index is -4.72. The highest BCUT2D eigenvalue weighted by molar-refractivity contribution is 5.35. The van der Waals surface area contributed by atoms with Gasteiger partial charge in [-0.2, -0.15) is 31.1 Å². The molecule has 0 spiro atoms. The van der Waals surface area contributed by atoms with Crippen molar-refractivity contribution in [2.45, 2.75) is 71.5 Å². The first-order valence-corrected chi connectivity index (χ1v) is 10.7. The van der Waals surface area contributed by atoms with Crippen molar-refractivity contribution in [2.75, 3.05) is 5.32 Å². The Bertz CT molecular complexity index is 1040. The third kappa shape index (κ3) is 5.89. The van der Waals surface area contributed by atoms with Gasteiger partial charge in [0.2, 0.25) is 5.95 Å². The van der Waals surface area contributed by atoms with Crippen molar-refractivity contribution in [3.8, 4) is 0 Å². The van der Waals surface area contributed by atoms with Gasteiger partial charge in [-0.3, -0.25) is 0 Å². The van der Waals surface area contributed by atoms with Crippen LogP contribution in [-0.2, 0) is 25.3 Å². The normalized spacial score (nSPS) is 20.9. The monoisotopic (exact) mass is 492 g/mol. The summed E-state index contributed by atoms with van der Waals surface area (Å²) in [7, 11) is 0. The topological polar surface area (TPSA) is 85.0 Å². The van der Waals surface area contributed by atoms with Crippen LogP contribution in [0.4, 0.5) is 32.3 Å². The second-order valence-corrected chi connectivity index (χ2v) is 9.44. The molecule has 0 bridgehead atoms. The van der Waals surface area contributed by atoms with Crippen LogP contribution < -0.4 is 10.0 Å². The Kier molecular flexibility index (Phi) is 7.03. The molecule has 3 rings (SSSR count). The molecule has 6 nitrogen and oxygen atoms in total. The lowest BCUT2D eigenvalue weighted by molar-refractivity contribution is -0.613. The number of pyridine rings is 1. The number of nitrogens with one attached hydrogen (secondary N) is 1. The van der Waals surface area contributed by atoms with E-state index in [4.69, 9.17) is 0 Å². The molecule has 188 valence electrons. The molecule has 0 aromatic carbocycles. The molecule has 2 atom stereocenters. The highest BCUT2D eigenvalue weighted by atomic mass is 19.4. The minimum absolute atomic E-state index is 0.0128. The lowest BCUT2D eigenvalue weighted by atomic mass is 9.69. The second kappa shape index (κ2) is 9.20. The summed E-state index contributed by atoms with van der Waals surface area (Å²) in [4.78, 5) is 7.61. The predicted molar refractivity (Wildman–Crippen MR) is 110 cm³/mol. The van der Waals surface area contributed by atoms with E-state index in [1.165, 1.54) is 6.92 Å². The summed E-state index contributed by atoms with van der Waals surface area (Å²) >= 11 is 0. The highest BCUT2D eigenvalue weighted by Crippen LogP contribution is 2.41. The van der Waals surface area contributed by atoms with Gasteiger partial charge in [0.1, 0.15) is 0 Å². The zero-order valence-electron chi connectivity index (χ0n) is 18.9. The number of aryl methyl sites for hydroxylation is 1. The maximum Gasteiger partial charge on any atom is 0.419 e. The number of rotatable bonds is 5. The van der Waals surface area contributed by atoms with Crippen LogP contribution >= 0.6 is 0 Å². The van der Waals surface area contributed by atoms with Gasteiger partial charge in [0.05, 0.1) is 22.9 Å². The average Bonchev–Trinajstić information content (AvgIpc) is 2.69. The van der Waals surface area contributed by atoms with Crippen molar-refractivity contribution in [1.82, 2.24) is 9.97 Å². The Morgan fingerprint density at radius 1 is 1.15 bits per heavy atom. The van der Waals surface area contributed by atoms with E-state index in [1.54, 1.807) is 0 Å². The zero-order chi connectivity index (χ0) is 25.5. The summed E-state index contributed by atoms with van der Waals surface area (Å²) in [5, 5.41) is 24.4. The SMILES string of the molecule is Cc1cc(C(F)(F)F)c(CNc2ncc(C(F)(F)F)c(C[C@@H]3CC[C@H](O)C(C)(C)C3)n2)c[n+]1[O-]. The van der Waals surface area contributed by atoms with Crippen LogP contribution in [0.1, 0.15) is 61.2 Å². The lowest BCUT2D eigenvalue weighted by Crippen LogP contribution is -2.37. The molecule has 1 aliphatic rings. The molecule has 0 aliphatic heterocycles. The van der Waals surface area contributed by atoms with Gasteiger partial charge in [0, 0.05) is 31.3 Å². The van der Waals surface area contributed by atoms with Gasteiger partial charge in [0.15, 0.2) is 11.9 Å². The smallest absolute Gasteiger partial charge is 0.419 e. The molecular formula is C22H26F6N4O2. The van der Waals surface area contributed by atoms with Crippen LogP contribution in [0.5, 0.6) is 0 Å². The maximum absolute atomic E-state index is 13.6. The molecule has 12 heteroatoms. The van der Waals surface area contributed by atoms with Crippen molar-refractivity contribution >= 4 is 5.95 Å². The first-order valence-electron chi connectivity index (χ1n) is 10.7. The van der Waals surface area contributed by atoms with Gasteiger partial charge in [-0.1, -0.05) is 13.8 Å². The molecule has 2 aromatic heterocycles. The predicted octanol–water partition coefficient (Wildman–Crippen LogP) is 4.80. The van der Waals surface area contributed by atoms with Crippen LogP contribution in [0.15, 0.2) is 18.5 Å². The molecule has 0 amide bonds. The first kappa shape index (κ1) is 26.0. The van der Waals surface area contributed by atoms with Crippen molar-refractivity contribution in [3.63, 3.8) is 0 Å². The van der Waals surface area contributed by atoms with E-state index in [0.717, 1.165) is 6.20 Å². The Balaban J connectivity index is 1.87. The largest absolute Gasteiger partial charge is 0.618 e. The molecule has 2 heterocycles. The summed E-state index contributed by atoms with van der Waals surface area (Å²) in [5.74, 6) is -0.431. The standard InChI is InChI=1S/C22H26F6N4O2/c1-12-6-15(21(23,24)25)14(11-32(12)34)9-29-19-30-10-16(22(26,27)28)17(31-19)7-13-4-5-18(33)20(2,3)8-13/h6,10-11,13,18,33H,4-5,7-9H2,1-3H3,(H,29,30,31)/t13-,18-/m0/s1. The van der Waals surface area contributed by atoms with E-state index < -0.39 is 41.5 Å².